The quantitative estimate of drug-likeness (QED) is 0.662. The lowest BCUT2D eigenvalue weighted by Crippen LogP contribution is -2.03. The van der Waals surface area contributed by atoms with E-state index in [1.54, 1.807) is 24.3 Å². The summed E-state index contributed by atoms with van der Waals surface area (Å²) >= 11 is 6.19. The van der Waals surface area contributed by atoms with Gasteiger partial charge in [0, 0.05) is 0 Å². The molecule has 0 amide bonds. The van der Waals surface area contributed by atoms with Gasteiger partial charge < -0.3 is 15.3 Å². The van der Waals surface area contributed by atoms with Crippen molar-refractivity contribution in [3.8, 4) is 6.07 Å². The molecule has 0 atom stereocenters. The highest BCUT2D eigenvalue weighted by Crippen LogP contribution is 2.15. The van der Waals surface area contributed by atoms with Crippen molar-refractivity contribution in [3.05, 3.63) is 56.0 Å². The van der Waals surface area contributed by atoms with Crippen molar-refractivity contribution in [2.75, 3.05) is 0 Å². The molecule has 0 radical (unpaired) electrons. The first-order valence-corrected chi connectivity index (χ1v) is 7.67. The van der Waals surface area contributed by atoms with Crippen LogP contribution in [-0.4, -0.2) is 31.3 Å². The number of aliphatic hydroxyl groups excluding tert-OH is 2. The zero-order valence-electron chi connectivity index (χ0n) is 11.6. The molecule has 120 valence electrons. The molecule has 0 saturated heterocycles. The van der Waals surface area contributed by atoms with E-state index in [0.29, 0.717) is 26.0 Å². The van der Waals surface area contributed by atoms with Crippen molar-refractivity contribution < 1.29 is 20.1 Å². The molecule has 23 heavy (non-hydrogen) atoms. The second kappa shape index (κ2) is 9.32. The van der Waals surface area contributed by atoms with Gasteiger partial charge in [0.05, 0.1) is 33.5 Å². The first-order chi connectivity index (χ1) is 10.9. The summed E-state index contributed by atoms with van der Waals surface area (Å²) in [5.74, 6) is -1.11. The molecule has 2 heterocycles. The molecule has 3 N–H and O–H groups in total. The Balaban J connectivity index is 0.000000231. The van der Waals surface area contributed by atoms with Gasteiger partial charge >= 0.3 is 5.97 Å². The number of hydrogen-bond acceptors (Lipinski definition) is 6. The molecule has 0 aliphatic rings. The van der Waals surface area contributed by atoms with Gasteiger partial charge in [-0.05, 0) is 56.1 Å². The van der Waals surface area contributed by atoms with Crippen LogP contribution in [-0.2, 0) is 13.2 Å². The van der Waals surface area contributed by atoms with E-state index >= 15 is 0 Å². The van der Waals surface area contributed by atoms with Gasteiger partial charge in [-0.2, -0.15) is 5.26 Å². The number of carbonyl (C=O) groups is 1. The van der Waals surface area contributed by atoms with Crippen LogP contribution in [0.3, 0.4) is 0 Å². The van der Waals surface area contributed by atoms with Gasteiger partial charge in [-0.1, -0.05) is 0 Å². The Labute approximate surface area is 148 Å². The summed E-state index contributed by atoms with van der Waals surface area (Å²) in [7, 11) is 0. The molecule has 0 aromatic carbocycles. The van der Waals surface area contributed by atoms with Crippen LogP contribution in [0.5, 0.6) is 0 Å². The average molecular weight is 445 g/mol. The van der Waals surface area contributed by atoms with Gasteiger partial charge in [0.1, 0.15) is 6.07 Å². The van der Waals surface area contributed by atoms with E-state index in [1.165, 1.54) is 0 Å². The summed E-state index contributed by atoms with van der Waals surface area (Å²) < 4.78 is 1.06. The van der Waals surface area contributed by atoms with E-state index < -0.39 is 5.97 Å². The summed E-state index contributed by atoms with van der Waals surface area (Å²) in [5, 5.41) is 34.5. The molecule has 0 saturated carbocycles. The number of nitriles is 1. The number of aromatic nitrogens is 2. The lowest BCUT2D eigenvalue weighted by Gasteiger charge is -1.99. The minimum atomic E-state index is -1.11. The largest absolute Gasteiger partial charge is 0.476 e. The average Bonchev–Trinajstić information content (AvgIpc) is 2.56. The Bertz CT molecular complexity index is 747. The number of rotatable bonds is 3. The topological polar surface area (TPSA) is 127 Å². The minimum absolute atomic E-state index is 0.0819. The SMILES string of the molecule is N#Cc1nc(CO)ccc1Br.O=C(O)c1nc(CO)ccc1Br. The van der Waals surface area contributed by atoms with Gasteiger partial charge in [-0.15, -0.1) is 0 Å². The number of aromatic carboxylic acids is 1. The highest BCUT2D eigenvalue weighted by atomic mass is 79.9. The van der Waals surface area contributed by atoms with Crippen molar-refractivity contribution in [2.45, 2.75) is 13.2 Å². The lowest BCUT2D eigenvalue weighted by atomic mass is 10.3. The normalized spacial score (nSPS) is 9.52. The number of hydrogen-bond donors (Lipinski definition) is 3. The molecule has 2 aromatic rings. The molecule has 2 rings (SSSR count). The van der Waals surface area contributed by atoms with Crippen LogP contribution in [0.1, 0.15) is 27.6 Å². The molecular formula is C14H11Br2N3O4. The van der Waals surface area contributed by atoms with E-state index in [4.69, 9.17) is 20.6 Å². The maximum Gasteiger partial charge on any atom is 0.355 e. The van der Waals surface area contributed by atoms with Crippen LogP contribution in [0.2, 0.25) is 0 Å². The molecule has 0 aliphatic heterocycles. The number of nitrogens with zero attached hydrogens (tertiary/aromatic N) is 3. The molecule has 2 aromatic heterocycles. The fourth-order valence-electron chi connectivity index (χ4n) is 1.37. The van der Waals surface area contributed by atoms with Gasteiger partial charge in [0.15, 0.2) is 11.4 Å². The van der Waals surface area contributed by atoms with Crippen LogP contribution < -0.4 is 0 Å². The molecule has 0 fully saturated rings. The van der Waals surface area contributed by atoms with Crippen molar-refractivity contribution in [1.29, 1.82) is 5.26 Å². The van der Waals surface area contributed by atoms with Crippen LogP contribution in [0.25, 0.3) is 0 Å². The Morgan fingerprint density at radius 2 is 1.57 bits per heavy atom. The standard InChI is InChI=1S/C7H5BrN2O.C7H6BrNO3/c8-6-2-1-5(4-11)10-7(6)3-9;8-5-2-1-4(3-10)9-6(5)7(11)12/h1-2,11H,4H2;1-2,10H,3H2,(H,11,12). The maximum absolute atomic E-state index is 10.5. The van der Waals surface area contributed by atoms with Crippen LogP contribution >= 0.6 is 31.9 Å². The van der Waals surface area contributed by atoms with Gasteiger partial charge in [-0.25, -0.2) is 14.8 Å². The van der Waals surface area contributed by atoms with Crippen molar-refractivity contribution >= 4 is 37.8 Å². The van der Waals surface area contributed by atoms with E-state index in [-0.39, 0.29) is 18.9 Å². The Morgan fingerprint density at radius 1 is 1.04 bits per heavy atom. The lowest BCUT2D eigenvalue weighted by molar-refractivity contribution is 0.0688. The predicted octanol–water partition coefficient (Wildman–Crippen LogP) is 2.24. The summed E-state index contributed by atoms with van der Waals surface area (Å²) in [4.78, 5) is 18.1. The second-order valence-electron chi connectivity index (χ2n) is 4.00. The molecule has 7 nitrogen and oxygen atoms in total. The first kappa shape index (κ1) is 19.2. The van der Waals surface area contributed by atoms with E-state index in [2.05, 4.69) is 41.8 Å². The Morgan fingerprint density at radius 3 is 2.04 bits per heavy atom. The monoisotopic (exact) mass is 443 g/mol. The summed E-state index contributed by atoms with van der Waals surface area (Å²) in [6.45, 7) is -0.393. The fraction of sp³-hybridized carbons (Fsp3) is 0.143. The molecule has 0 spiro atoms. The summed E-state index contributed by atoms with van der Waals surface area (Å²) in [6.07, 6.45) is 0. The Kier molecular flexibility index (Phi) is 7.77. The van der Waals surface area contributed by atoms with Crippen LogP contribution in [0, 0.1) is 11.3 Å². The maximum atomic E-state index is 10.5. The molecule has 0 aliphatic carbocycles. The molecular weight excluding hydrogens is 434 g/mol. The number of aliphatic hydroxyl groups is 2. The highest BCUT2D eigenvalue weighted by molar-refractivity contribution is 9.10. The predicted molar refractivity (Wildman–Crippen MR) is 87.4 cm³/mol. The van der Waals surface area contributed by atoms with Crippen LogP contribution in [0.15, 0.2) is 33.2 Å². The summed E-state index contributed by atoms with van der Waals surface area (Å²) in [6, 6.07) is 8.35. The van der Waals surface area contributed by atoms with Crippen molar-refractivity contribution in [1.82, 2.24) is 9.97 Å². The number of halogens is 2. The zero-order chi connectivity index (χ0) is 17.4. The van der Waals surface area contributed by atoms with Crippen LogP contribution in [0.4, 0.5) is 0 Å². The third-order valence-corrected chi connectivity index (χ3v) is 3.72. The van der Waals surface area contributed by atoms with Gasteiger partial charge in [-0.3, -0.25) is 0 Å². The molecule has 0 bridgehead atoms. The highest BCUT2D eigenvalue weighted by Gasteiger charge is 2.10. The van der Waals surface area contributed by atoms with E-state index in [9.17, 15) is 4.79 Å². The number of carboxylic acid groups (broad SMARTS) is 1. The summed E-state index contributed by atoms with van der Waals surface area (Å²) in [5.41, 5.74) is 1.07. The van der Waals surface area contributed by atoms with E-state index in [0.717, 1.165) is 0 Å². The number of carboxylic acids is 1. The van der Waals surface area contributed by atoms with E-state index in [1.807, 2.05) is 6.07 Å². The smallest absolute Gasteiger partial charge is 0.355 e. The molecule has 9 heteroatoms. The van der Waals surface area contributed by atoms with Gasteiger partial charge in [0.25, 0.3) is 0 Å². The Hall–Kier alpha value is -1.86. The van der Waals surface area contributed by atoms with Crippen molar-refractivity contribution in [3.63, 3.8) is 0 Å². The van der Waals surface area contributed by atoms with Crippen molar-refractivity contribution in [2.24, 2.45) is 0 Å². The third kappa shape index (κ3) is 5.69. The minimum Gasteiger partial charge on any atom is -0.476 e. The third-order valence-electron chi connectivity index (χ3n) is 2.44. The molecule has 0 unspecified atom stereocenters. The second-order valence-corrected chi connectivity index (χ2v) is 5.71. The number of pyridine rings is 2. The zero-order valence-corrected chi connectivity index (χ0v) is 14.7. The first-order valence-electron chi connectivity index (χ1n) is 6.08. The van der Waals surface area contributed by atoms with Gasteiger partial charge in [0.2, 0.25) is 0 Å². The fourth-order valence-corrected chi connectivity index (χ4v) is 2.07.